The van der Waals surface area contributed by atoms with E-state index in [1.54, 1.807) is 25.1 Å². The molecule has 2 aromatic carbocycles. The standard InChI is InChI=1S/C22H23N3O7S/c1-2-31-22(28)14-5-3-6-15(11-14)23-21(27)18-7-4-10-25(18)33(29,30)16-8-9-19-17(12-16)24-20(26)13-32-19/h3,5-6,8-9,11-12,18H,2,4,7,10,13H2,1H3,(H,23,27)(H,24,26)/t18-/m0/s1. The molecule has 2 amide bonds. The first-order valence-electron chi connectivity index (χ1n) is 10.5. The first-order valence-corrected chi connectivity index (χ1v) is 11.9. The van der Waals surface area contributed by atoms with Crippen LogP contribution in [0, 0.1) is 0 Å². The fraction of sp³-hybridized carbons (Fsp3) is 0.318. The zero-order chi connectivity index (χ0) is 23.6. The maximum absolute atomic E-state index is 13.3. The molecule has 2 N–H and O–H groups in total. The molecular weight excluding hydrogens is 450 g/mol. The summed E-state index contributed by atoms with van der Waals surface area (Å²) in [5.74, 6) is -1.000. The highest BCUT2D eigenvalue weighted by molar-refractivity contribution is 7.89. The fourth-order valence-electron chi connectivity index (χ4n) is 3.81. The zero-order valence-corrected chi connectivity index (χ0v) is 18.7. The molecule has 10 nitrogen and oxygen atoms in total. The molecule has 0 spiro atoms. The lowest BCUT2D eigenvalue weighted by Gasteiger charge is -2.24. The van der Waals surface area contributed by atoms with Crippen LogP contribution in [0.1, 0.15) is 30.1 Å². The number of anilines is 2. The van der Waals surface area contributed by atoms with E-state index >= 15 is 0 Å². The fourth-order valence-corrected chi connectivity index (χ4v) is 5.50. The number of hydrogen-bond donors (Lipinski definition) is 2. The summed E-state index contributed by atoms with van der Waals surface area (Å²) in [7, 11) is -4.01. The minimum absolute atomic E-state index is 0.0453. The molecule has 0 aromatic heterocycles. The highest BCUT2D eigenvalue weighted by Gasteiger charge is 2.40. The summed E-state index contributed by atoms with van der Waals surface area (Å²) in [5.41, 5.74) is 0.913. The summed E-state index contributed by atoms with van der Waals surface area (Å²) in [6.07, 6.45) is 0.873. The summed E-state index contributed by atoms with van der Waals surface area (Å²) in [6, 6.07) is 9.56. The number of nitrogens with zero attached hydrogens (tertiary/aromatic N) is 1. The molecule has 33 heavy (non-hydrogen) atoms. The Morgan fingerprint density at radius 1 is 1.24 bits per heavy atom. The van der Waals surface area contributed by atoms with Crippen molar-refractivity contribution in [3.05, 3.63) is 48.0 Å². The molecule has 11 heteroatoms. The maximum Gasteiger partial charge on any atom is 0.338 e. The number of amides is 2. The summed E-state index contributed by atoms with van der Waals surface area (Å²) < 4.78 is 38.0. The van der Waals surface area contributed by atoms with Crippen LogP contribution in [-0.2, 0) is 24.3 Å². The van der Waals surface area contributed by atoms with Gasteiger partial charge < -0.3 is 20.1 Å². The van der Waals surface area contributed by atoms with Crippen LogP contribution in [0.5, 0.6) is 5.75 Å². The molecule has 0 aliphatic carbocycles. The summed E-state index contributed by atoms with van der Waals surface area (Å²) in [5, 5.41) is 5.29. The van der Waals surface area contributed by atoms with Gasteiger partial charge in [0.15, 0.2) is 6.61 Å². The lowest BCUT2D eigenvalue weighted by atomic mass is 10.2. The number of nitrogens with one attached hydrogen (secondary N) is 2. The van der Waals surface area contributed by atoms with Gasteiger partial charge in [-0.3, -0.25) is 9.59 Å². The molecule has 0 radical (unpaired) electrons. The van der Waals surface area contributed by atoms with Crippen LogP contribution < -0.4 is 15.4 Å². The molecular formula is C22H23N3O7S. The van der Waals surface area contributed by atoms with Crippen molar-refractivity contribution in [1.29, 1.82) is 0 Å². The van der Waals surface area contributed by atoms with Gasteiger partial charge in [0.25, 0.3) is 5.91 Å². The Morgan fingerprint density at radius 3 is 2.85 bits per heavy atom. The van der Waals surface area contributed by atoms with E-state index in [1.807, 2.05) is 0 Å². The largest absolute Gasteiger partial charge is 0.482 e. The number of sulfonamides is 1. The number of fused-ring (bicyclic) bond motifs is 1. The maximum atomic E-state index is 13.3. The van der Waals surface area contributed by atoms with E-state index in [9.17, 15) is 22.8 Å². The van der Waals surface area contributed by atoms with Crippen LogP contribution >= 0.6 is 0 Å². The molecule has 2 heterocycles. The molecule has 0 unspecified atom stereocenters. The van der Waals surface area contributed by atoms with Crippen molar-refractivity contribution in [2.24, 2.45) is 0 Å². The van der Waals surface area contributed by atoms with Crippen molar-refractivity contribution >= 4 is 39.2 Å². The third-order valence-electron chi connectivity index (χ3n) is 5.34. The van der Waals surface area contributed by atoms with Crippen molar-refractivity contribution in [3.63, 3.8) is 0 Å². The number of hydrogen-bond acceptors (Lipinski definition) is 7. The smallest absolute Gasteiger partial charge is 0.338 e. The lowest BCUT2D eigenvalue weighted by molar-refractivity contribution is -0.119. The Balaban J connectivity index is 1.53. The van der Waals surface area contributed by atoms with Crippen LogP contribution in [0.2, 0.25) is 0 Å². The van der Waals surface area contributed by atoms with Crippen LogP contribution in [0.15, 0.2) is 47.4 Å². The van der Waals surface area contributed by atoms with E-state index in [0.717, 1.165) is 4.31 Å². The van der Waals surface area contributed by atoms with Gasteiger partial charge in [-0.1, -0.05) is 6.07 Å². The van der Waals surface area contributed by atoms with Crippen molar-refractivity contribution in [1.82, 2.24) is 4.31 Å². The Hall–Kier alpha value is -3.44. The Labute approximate surface area is 190 Å². The first-order chi connectivity index (χ1) is 15.8. The van der Waals surface area contributed by atoms with Crippen molar-refractivity contribution in [3.8, 4) is 5.75 Å². The first kappa shape index (κ1) is 22.7. The highest BCUT2D eigenvalue weighted by atomic mass is 32.2. The van der Waals surface area contributed by atoms with E-state index in [1.165, 1.54) is 24.3 Å². The summed E-state index contributed by atoms with van der Waals surface area (Å²) in [6.45, 7) is 1.97. The van der Waals surface area contributed by atoms with Gasteiger partial charge in [-0.25, -0.2) is 13.2 Å². The lowest BCUT2D eigenvalue weighted by Crippen LogP contribution is -2.43. The number of rotatable bonds is 6. The van der Waals surface area contributed by atoms with Crippen LogP contribution in [-0.4, -0.2) is 56.3 Å². The van der Waals surface area contributed by atoms with Gasteiger partial charge in [0.1, 0.15) is 11.8 Å². The monoisotopic (exact) mass is 473 g/mol. The number of carbonyl (C=O) groups excluding carboxylic acids is 3. The third-order valence-corrected chi connectivity index (χ3v) is 7.24. The second kappa shape index (κ2) is 9.20. The topological polar surface area (TPSA) is 131 Å². The molecule has 4 rings (SSSR count). The normalized spacial score (nSPS) is 18.1. The summed E-state index contributed by atoms with van der Waals surface area (Å²) in [4.78, 5) is 36.5. The second-order valence-corrected chi connectivity index (χ2v) is 9.45. The molecule has 1 atom stereocenters. The molecule has 2 aromatic rings. The summed E-state index contributed by atoms with van der Waals surface area (Å²) >= 11 is 0. The van der Waals surface area contributed by atoms with Crippen LogP contribution in [0.25, 0.3) is 0 Å². The van der Waals surface area contributed by atoms with Crippen molar-refractivity contribution in [2.45, 2.75) is 30.7 Å². The minimum atomic E-state index is -4.01. The number of carbonyl (C=O) groups is 3. The van der Waals surface area contributed by atoms with Crippen molar-refractivity contribution in [2.75, 3.05) is 30.4 Å². The Bertz CT molecular complexity index is 1210. The average molecular weight is 474 g/mol. The molecule has 2 aliphatic heterocycles. The number of benzene rings is 2. The average Bonchev–Trinajstić information content (AvgIpc) is 3.30. The molecule has 1 saturated heterocycles. The van der Waals surface area contributed by atoms with Gasteiger partial charge in [0.2, 0.25) is 15.9 Å². The van der Waals surface area contributed by atoms with Gasteiger partial charge >= 0.3 is 5.97 Å². The van der Waals surface area contributed by atoms with E-state index in [2.05, 4.69) is 10.6 Å². The number of ether oxygens (including phenoxy) is 2. The molecule has 174 valence electrons. The van der Waals surface area contributed by atoms with Gasteiger partial charge in [0, 0.05) is 12.2 Å². The molecule has 1 fully saturated rings. The zero-order valence-electron chi connectivity index (χ0n) is 17.9. The van der Waals surface area contributed by atoms with Gasteiger partial charge in [0.05, 0.1) is 22.8 Å². The van der Waals surface area contributed by atoms with Crippen LogP contribution in [0.3, 0.4) is 0 Å². The Kier molecular flexibility index (Phi) is 6.34. The molecule has 0 bridgehead atoms. The predicted octanol–water partition coefficient (Wildman–Crippen LogP) is 1.99. The quantitative estimate of drug-likeness (QED) is 0.614. The van der Waals surface area contributed by atoms with E-state index in [0.29, 0.717) is 24.3 Å². The number of esters is 1. The van der Waals surface area contributed by atoms with Gasteiger partial charge in [-0.15, -0.1) is 0 Å². The highest BCUT2D eigenvalue weighted by Crippen LogP contribution is 2.33. The van der Waals surface area contributed by atoms with E-state index in [-0.39, 0.29) is 41.8 Å². The van der Waals surface area contributed by atoms with Gasteiger partial charge in [-0.2, -0.15) is 4.31 Å². The van der Waals surface area contributed by atoms with Crippen LogP contribution in [0.4, 0.5) is 11.4 Å². The van der Waals surface area contributed by atoms with E-state index in [4.69, 9.17) is 9.47 Å². The molecule has 0 saturated carbocycles. The van der Waals surface area contributed by atoms with Gasteiger partial charge in [-0.05, 0) is 56.2 Å². The predicted molar refractivity (Wildman–Crippen MR) is 119 cm³/mol. The second-order valence-electron chi connectivity index (χ2n) is 7.56. The third kappa shape index (κ3) is 4.69. The van der Waals surface area contributed by atoms with Crippen molar-refractivity contribution < 1.29 is 32.3 Å². The molecule has 2 aliphatic rings. The Morgan fingerprint density at radius 2 is 2.06 bits per heavy atom. The minimum Gasteiger partial charge on any atom is -0.482 e. The SMILES string of the molecule is CCOC(=O)c1cccc(NC(=O)[C@@H]2CCCN2S(=O)(=O)c2ccc3c(c2)NC(=O)CO3)c1. The van der Waals surface area contributed by atoms with E-state index < -0.39 is 27.9 Å².